The minimum absolute atomic E-state index is 0.0634. The van der Waals surface area contributed by atoms with Crippen LogP contribution >= 0.6 is 11.8 Å². The van der Waals surface area contributed by atoms with Crippen LogP contribution in [0, 0.1) is 12.8 Å². The lowest BCUT2D eigenvalue weighted by Gasteiger charge is -2.45. The monoisotopic (exact) mass is 308 g/mol. The molecule has 2 atom stereocenters. The predicted molar refractivity (Wildman–Crippen MR) is 84.8 cm³/mol. The number of hydrazine groups is 1. The fraction of sp³-hybridized carbons (Fsp3) is 0.733. The molecular formula is C15H24N4OS. The van der Waals surface area contributed by atoms with E-state index in [1.165, 1.54) is 11.5 Å². The third-order valence-electron chi connectivity index (χ3n) is 4.71. The Labute approximate surface area is 130 Å². The van der Waals surface area contributed by atoms with Crippen molar-refractivity contribution >= 4 is 11.8 Å². The zero-order valence-corrected chi connectivity index (χ0v) is 13.4. The van der Waals surface area contributed by atoms with Gasteiger partial charge in [0.15, 0.2) is 0 Å². The van der Waals surface area contributed by atoms with Crippen LogP contribution in [-0.4, -0.2) is 33.7 Å². The lowest BCUT2D eigenvalue weighted by atomic mass is 9.78. The van der Waals surface area contributed by atoms with Crippen LogP contribution in [0.1, 0.15) is 43.1 Å². The largest absolute Gasteiger partial charge is 0.375 e. The zero-order valence-electron chi connectivity index (χ0n) is 12.5. The molecule has 21 heavy (non-hydrogen) atoms. The molecule has 2 aliphatic rings. The van der Waals surface area contributed by atoms with Gasteiger partial charge in [-0.05, 0) is 50.0 Å². The smallest absolute Gasteiger partial charge is 0.0772 e. The molecule has 1 aromatic rings. The highest BCUT2D eigenvalue weighted by molar-refractivity contribution is 7.99. The Balaban J connectivity index is 1.75. The molecule has 2 unspecified atom stereocenters. The minimum Gasteiger partial charge on any atom is -0.375 e. The van der Waals surface area contributed by atoms with Crippen LogP contribution in [0.15, 0.2) is 12.4 Å². The molecule has 0 amide bonds. The van der Waals surface area contributed by atoms with Gasteiger partial charge in [-0.3, -0.25) is 21.2 Å². The van der Waals surface area contributed by atoms with Gasteiger partial charge in [-0.2, -0.15) is 11.8 Å². The van der Waals surface area contributed by atoms with E-state index in [1.54, 1.807) is 0 Å². The van der Waals surface area contributed by atoms with Crippen LogP contribution in [0.3, 0.4) is 0 Å². The maximum Gasteiger partial charge on any atom is 0.0772 e. The van der Waals surface area contributed by atoms with Crippen molar-refractivity contribution in [3.63, 3.8) is 0 Å². The Hall–Kier alpha value is -0.690. The first-order chi connectivity index (χ1) is 10.2. The SMILES string of the molecule is Cc1cnc(C(NN)C2CCOC3(CCSCC3)C2)cn1. The summed E-state index contributed by atoms with van der Waals surface area (Å²) < 4.78 is 6.17. The number of nitrogens with zero attached hydrogens (tertiary/aromatic N) is 2. The second-order valence-corrected chi connectivity index (χ2v) is 7.35. The molecule has 3 N–H and O–H groups in total. The molecule has 1 aromatic heterocycles. The lowest BCUT2D eigenvalue weighted by molar-refractivity contribution is -0.107. The van der Waals surface area contributed by atoms with Gasteiger partial charge in [0.25, 0.3) is 0 Å². The highest BCUT2D eigenvalue weighted by Gasteiger charge is 2.41. The number of rotatable bonds is 3. The van der Waals surface area contributed by atoms with Crippen LogP contribution in [0.2, 0.25) is 0 Å². The Bertz CT molecular complexity index is 456. The number of hydrogen-bond donors (Lipinski definition) is 2. The Kier molecular flexibility index (Phi) is 4.78. The van der Waals surface area contributed by atoms with Crippen molar-refractivity contribution < 1.29 is 4.74 Å². The molecule has 6 heteroatoms. The molecule has 1 spiro atoms. The van der Waals surface area contributed by atoms with E-state index in [0.29, 0.717) is 5.92 Å². The first-order valence-corrected chi connectivity index (χ1v) is 8.84. The van der Waals surface area contributed by atoms with Crippen LogP contribution < -0.4 is 11.3 Å². The maximum atomic E-state index is 6.17. The van der Waals surface area contributed by atoms with Crippen molar-refractivity contribution in [1.29, 1.82) is 0 Å². The minimum atomic E-state index is 0.0634. The van der Waals surface area contributed by atoms with Crippen molar-refractivity contribution in [2.75, 3.05) is 18.1 Å². The first-order valence-electron chi connectivity index (χ1n) is 7.69. The number of thioether (sulfide) groups is 1. The molecule has 2 saturated heterocycles. The fourth-order valence-corrected chi connectivity index (χ4v) is 4.70. The number of ether oxygens (including phenoxy) is 1. The molecule has 0 bridgehead atoms. The topological polar surface area (TPSA) is 73.1 Å². The fourth-order valence-electron chi connectivity index (χ4n) is 3.47. The molecule has 0 saturated carbocycles. The molecular weight excluding hydrogens is 284 g/mol. The van der Waals surface area contributed by atoms with Gasteiger partial charge in [0.05, 0.1) is 29.2 Å². The number of nitrogens with two attached hydrogens (primary N) is 1. The third kappa shape index (κ3) is 3.39. The molecule has 116 valence electrons. The quantitative estimate of drug-likeness (QED) is 0.657. The molecule has 2 aliphatic heterocycles. The maximum absolute atomic E-state index is 6.17. The van der Waals surface area contributed by atoms with E-state index in [9.17, 15) is 0 Å². The van der Waals surface area contributed by atoms with Crippen molar-refractivity contribution in [2.24, 2.45) is 11.8 Å². The van der Waals surface area contributed by atoms with Crippen molar-refractivity contribution in [1.82, 2.24) is 15.4 Å². The van der Waals surface area contributed by atoms with Crippen LogP contribution in [0.5, 0.6) is 0 Å². The first kappa shape index (κ1) is 15.2. The van der Waals surface area contributed by atoms with E-state index < -0.39 is 0 Å². The average molecular weight is 308 g/mol. The summed E-state index contributed by atoms with van der Waals surface area (Å²) in [7, 11) is 0. The standard InChI is InChI=1S/C15H24N4OS/c1-11-9-18-13(10-17-11)14(19-16)12-2-5-20-15(8-12)3-6-21-7-4-15/h9-10,12,14,19H,2-8,16H2,1H3. The lowest BCUT2D eigenvalue weighted by Crippen LogP contribution is -2.46. The second-order valence-electron chi connectivity index (χ2n) is 6.12. The van der Waals surface area contributed by atoms with Gasteiger partial charge in [0, 0.05) is 12.8 Å². The summed E-state index contributed by atoms with van der Waals surface area (Å²) in [6.07, 6.45) is 8.07. The Morgan fingerprint density at radius 3 is 2.86 bits per heavy atom. The normalized spacial score (nSPS) is 26.7. The zero-order chi connectivity index (χ0) is 14.7. The molecule has 3 heterocycles. The van der Waals surface area contributed by atoms with Crippen molar-refractivity contribution in [3.8, 4) is 0 Å². The van der Waals surface area contributed by atoms with Gasteiger partial charge >= 0.3 is 0 Å². The average Bonchev–Trinajstić information content (AvgIpc) is 2.51. The summed E-state index contributed by atoms with van der Waals surface area (Å²) in [6, 6.07) is 0.0634. The number of aryl methyl sites for hydroxylation is 1. The molecule has 3 rings (SSSR count). The summed E-state index contributed by atoms with van der Waals surface area (Å²) in [5.74, 6) is 8.70. The van der Waals surface area contributed by atoms with Gasteiger partial charge in [-0.1, -0.05) is 0 Å². The van der Waals surface area contributed by atoms with Gasteiger partial charge in [0.1, 0.15) is 0 Å². The van der Waals surface area contributed by atoms with E-state index in [0.717, 1.165) is 43.7 Å². The number of aromatic nitrogens is 2. The van der Waals surface area contributed by atoms with Gasteiger partial charge in [-0.15, -0.1) is 0 Å². The van der Waals surface area contributed by atoms with E-state index in [1.807, 2.05) is 31.1 Å². The van der Waals surface area contributed by atoms with E-state index in [4.69, 9.17) is 10.6 Å². The summed E-state index contributed by atoms with van der Waals surface area (Å²) >= 11 is 2.03. The Morgan fingerprint density at radius 2 is 2.19 bits per heavy atom. The van der Waals surface area contributed by atoms with E-state index >= 15 is 0 Å². The Morgan fingerprint density at radius 1 is 1.38 bits per heavy atom. The highest BCUT2D eigenvalue weighted by atomic mass is 32.2. The molecule has 0 aromatic carbocycles. The summed E-state index contributed by atoms with van der Waals surface area (Å²) in [5, 5.41) is 0. The predicted octanol–water partition coefficient (Wildman–Crippen LogP) is 1.98. The summed E-state index contributed by atoms with van der Waals surface area (Å²) in [6.45, 7) is 2.78. The van der Waals surface area contributed by atoms with E-state index in [-0.39, 0.29) is 11.6 Å². The van der Waals surface area contributed by atoms with Gasteiger partial charge in [0.2, 0.25) is 0 Å². The summed E-state index contributed by atoms with van der Waals surface area (Å²) in [4.78, 5) is 8.86. The number of hydrogen-bond acceptors (Lipinski definition) is 6. The van der Waals surface area contributed by atoms with Gasteiger partial charge < -0.3 is 4.74 Å². The van der Waals surface area contributed by atoms with Crippen molar-refractivity contribution in [3.05, 3.63) is 23.8 Å². The second kappa shape index (κ2) is 6.60. The van der Waals surface area contributed by atoms with Crippen LogP contribution in [0.4, 0.5) is 0 Å². The van der Waals surface area contributed by atoms with Gasteiger partial charge in [-0.25, -0.2) is 0 Å². The molecule has 5 nitrogen and oxygen atoms in total. The molecule has 2 fully saturated rings. The van der Waals surface area contributed by atoms with Crippen molar-refractivity contribution in [2.45, 2.75) is 44.2 Å². The van der Waals surface area contributed by atoms with E-state index in [2.05, 4.69) is 15.4 Å². The third-order valence-corrected chi connectivity index (χ3v) is 5.69. The summed E-state index contributed by atoms with van der Waals surface area (Å²) in [5.41, 5.74) is 4.91. The van der Waals surface area contributed by atoms with Crippen LogP contribution in [-0.2, 0) is 4.74 Å². The number of nitrogens with one attached hydrogen (secondary N) is 1. The molecule has 0 radical (unpaired) electrons. The highest BCUT2D eigenvalue weighted by Crippen LogP contribution is 2.43. The van der Waals surface area contributed by atoms with Crippen LogP contribution in [0.25, 0.3) is 0 Å². The molecule has 0 aliphatic carbocycles.